The molecule has 1 aliphatic heterocycles. The van der Waals surface area contributed by atoms with Gasteiger partial charge in [0.25, 0.3) is 0 Å². The molecule has 0 radical (unpaired) electrons. The molecule has 1 saturated heterocycles. The van der Waals surface area contributed by atoms with Crippen molar-refractivity contribution in [1.29, 1.82) is 0 Å². The SMILES string of the molecule is CN(C)C1(CNC(=O)CC2COCCN2)CCCC1.Cl.Cl. The molecule has 1 heterocycles. The summed E-state index contributed by atoms with van der Waals surface area (Å²) in [5.74, 6) is 0.135. The van der Waals surface area contributed by atoms with Crippen molar-refractivity contribution >= 4 is 30.7 Å². The van der Waals surface area contributed by atoms with E-state index in [4.69, 9.17) is 4.74 Å². The molecule has 2 aliphatic rings. The molecular formula is C14H29Cl2N3O2. The van der Waals surface area contributed by atoms with Gasteiger partial charge in [-0.05, 0) is 26.9 Å². The summed E-state index contributed by atoms with van der Waals surface area (Å²) in [5, 5.41) is 6.43. The van der Waals surface area contributed by atoms with E-state index in [2.05, 4.69) is 29.6 Å². The number of carbonyl (C=O) groups excluding carboxylic acids is 1. The lowest BCUT2D eigenvalue weighted by molar-refractivity contribution is -0.122. The first kappa shape index (κ1) is 20.9. The van der Waals surface area contributed by atoms with Crippen LogP contribution in [0.1, 0.15) is 32.1 Å². The molecule has 0 bridgehead atoms. The summed E-state index contributed by atoms with van der Waals surface area (Å²) in [7, 11) is 4.24. The zero-order chi connectivity index (χ0) is 13.7. The largest absolute Gasteiger partial charge is 0.378 e. The lowest BCUT2D eigenvalue weighted by Crippen LogP contribution is -2.52. The summed E-state index contributed by atoms with van der Waals surface area (Å²) in [6.07, 6.45) is 5.43. The van der Waals surface area contributed by atoms with Crippen molar-refractivity contribution in [2.75, 3.05) is 40.4 Å². The Morgan fingerprint density at radius 3 is 2.52 bits per heavy atom. The molecule has 0 aromatic rings. The molecule has 0 aromatic heterocycles. The summed E-state index contributed by atoms with van der Waals surface area (Å²) < 4.78 is 5.37. The molecule has 1 unspecified atom stereocenters. The van der Waals surface area contributed by atoms with Gasteiger partial charge >= 0.3 is 0 Å². The molecule has 21 heavy (non-hydrogen) atoms. The van der Waals surface area contributed by atoms with Crippen LogP contribution in [0, 0.1) is 0 Å². The number of morpholine rings is 1. The number of hydrogen-bond acceptors (Lipinski definition) is 4. The summed E-state index contributed by atoms with van der Waals surface area (Å²) in [5.41, 5.74) is 0.173. The molecule has 2 fully saturated rings. The van der Waals surface area contributed by atoms with Crippen LogP contribution in [0.3, 0.4) is 0 Å². The number of nitrogens with one attached hydrogen (secondary N) is 2. The number of hydrogen-bond donors (Lipinski definition) is 2. The summed E-state index contributed by atoms with van der Waals surface area (Å²) in [6, 6.07) is 0.174. The smallest absolute Gasteiger partial charge is 0.221 e. The monoisotopic (exact) mass is 341 g/mol. The Labute approximate surface area is 140 Å². The van der Waals surface area contributed by atoms with E-state index in [1.165, 1.54) is 25.7 Å². The van der Waals surface area contributed by atoms with Gasteiger partial charge in [-0.3, -0.25) is 4.79 Å². The standard InChI is InChI=1S/C14H27N3O2.2ClH/c1-17(2)14(5-3-4-6-14)11-16-13(18)9-12-10-19-8-7-15-12;;/h12,15H,3-11H2,1-2H3,(H,16,18);2*1H. The van der Waals surface area contributed by atoms with E-state index >= 15 is 0 Å². The number of carbonyl (C=O) groups is 1. The Morgan fingerprint density at radius 2 is 2.00 bits per heavy atom. The molecule has 5 nitrogen and oxygen atoms in total. The molecule has 2 rings (SSSR count). The first-order valence-electron chi connectivity index (χ1n) is 7.38. The second-order valence-corrected chi connectivity index (χ2v) is 6.03. The van der Waals surface area contributed by atoms with E-state index in [0.717, 1.165) is 19.7 Å². The Bertz CT molecular complexity index is 305. The van der Waals surface area contributed by atoms with Crippen molar-refractivity contribution in [3.8, 4) is 0 Å². The second kappa shape index (κ2) is 9.85. The zero-order valence-corrected chi connectivity index (χ0v) is 14.7. The zero-order valence-electron chi connectivity index (χ0n) is 13.0. The van der Waals surface area contributed by atoms with Crippen LogP contribution >= 0.6 is 24.8 Å². The summed E-state index contributed by atoms with van der Waals surface area (Å²) >= 11 is 0. The van der Waals surface area contributed by atoms with E-state index in [0.29, 0.717) is 13.0 Å². The highest BCUT2D eigenvalue weighted by Gasteiger charge is 2.36. The van der Waals surface area contributed by atoms with Crippen LogP contribution < -0.4 is 10.6 Å². The highest BCUT2D eigenvalue weighted by molar-refractivity contribution is 5.85. The van der Waals surface area contributed by atoms with E-state index in [1.54, 1.807) is 0 Å². The van der Waals surface area contributed by atoms with Gasteiger partial charge in [-0.2, -0.15) is 0 Å². The molecule has 1 aliphatic carbocycles. The normalized spacial score (nSPS) is 24.0. The number of nitrogens with zero attached hydrogens (tertiary/aromatic N) is 1. The maximum Gasteiger partial charge on any atom is 0.221 e. The van der Waals surface area contributed by atoms with Crippen molar-refractivity contribution in [3.63, 3.8) is 0 Å². The third kappa shape index (κ3) is 5.91. The van der Waals surface area contributed by atoms with Crippen molar-refractivity contribution in [2.45, 2.75) is 43.7 Å². The maximum absolute atomic E-state index is 12.0. The number of amides is 1. The molecule has 1 atom stereocenters. The fourth-order valence-corrected chi connectivity index (χ4v) is 3.13. The van der Waals surface area contributed by atoms with Gasteiger partial charge < -0.3 is 20.3 Å². The van der Waals surface area contributed by atoms with Crippen LogP contribution in [0.2, 0.25) is 0 Å². The van der Waals surface area contributed by atoms with Crippen LogP contribution in [0.4, 0.5) is 0 Å². The molecule has 0 spiro atoms. The van der Waals surface area contributed by atoms with Gasteiger partial charge in [0.2, 0.25) is 5.91 Å². The minimum absolute atomic E-state index is 0. The van der Waals surface area contributed by atoms with Gasteiger partial charge in [0.1, 0.15) is 0 Å². The molecule has 2 N–H and O–H groups in total. The minimum Gasteiger partial charge on any atom is -0.378 e. The molecule has 1 saturated carbocycles. The minimum atomic E-state index is 0. The van der Waals surface area contributed by atoms with Crippen molar-refractivity contribution in [3.05, 3.63) is 0 Å². The Balaban J connectivity index is 0.00000200. The van der Waals surface area contributed by atoms with Gasteiger partial charge in [0.05, 0.1) is 13.2 Å². The number of halogens is 2. The lowest BCUT2D eigenvalue weighted by Gasteiger charge is -2.36. The first-order valence-corrected chi connectivity index (χ1v) is 7.38. The summed E-state index contributed by atoms with van der Waals surface area (Å²) in [4.78, 5) is 14.3. The fraction of sp³-hybridized carbons (Fsp3) is 0.929. The highest BCUT2D eigenvalue weighted by atomic mass is 35.5. The Morgan fingerprint density at radius 1 is 1.33 bits per heavy atom. The van der Waals surface area contributed by atoms with Crippen molar-refractivity contribution in [2.24, 2.45) is 0 Å². The Kier molecular flexibility index (Phi) is 9.81. The van der Waals surface area contributed by atoms with Gasteiger partial charge in [0, 0.05) is 31.1 Å². The predicted molar refractivity (Wildman–Crippen MR) is 89.6 cm³/mol. The van der Waals surface area contributed by atoms with Crippen LogP contribution in [0.15, 0.2) is 0 Å². The van der Waals surface area contributed by atoms with E-state index in [-0.39, 0.29) is 42.3 Å². The first-order chi connectivity index (χ1) is 9.12. The van der Waals surface area contributed by atoms with Crippen LogP contribution in [-0.2, 0) is 9.53 Å². The van der Waals surface area contributed by atoms with E-state index in [9.17, 15) is 4.79 Å². The van der Waals surface area contributed by atoms with Crippen LogP contribution in [0.25, 0.3) is 0 Å². The molecule has 0 aromatic carbocycles. The van der Waals surface area contributed by atoms with Gasteiger partial charge in [-0.15, -0.1) is 24.8 Å². The number of rotatable bonds is 5. The quantitative estimate of drug-likeness (QED) is 0.788. The Hall–Kier alpha value is -0.0700. The number of likely N-dealkylation sites (N-methyl/N-ethyl adjacent to an activating group) is 1. The van der Waals surface area contributed by atoms with Crippen LogP contribution in [0.5, 0.6) is 0 Å². The average molecular weight is 342 g/mol. The molecule has 126 valence electrons. The highest BCUT2D eigenvalue weighted by Crippen LogP contribution is 2.33. The van der Waals surface area contributed by atoms with E-state index in [1.807, 2.05) is 0 Å². The second-order valence-electron chi connectivity index (χ2n) is 6.03. The number of ether oxygens (including phenoxy) is 1. The van der Waals surface area contributed by atoms with Gasteiger partial charge in [-0.1, -0.05) is 12.8 Å². The molecule has 1 amide bonds. The predicted octanol–water partition coefficient (Wildman–Crippen LogP) is 1.20. The third-order valence-electron chi connectivity index (χ3n) is 4.53. The van der Waals surface area contributed by atoms with Crippen molar-refractivity contribution < 1.29 is 9.53 Å². The summed E-state index contributed by atoms with van der Waals surface area (Å²) in [6.45, 7) is 3.01. The fourth-order valence-electron chi connectivity index (χ4n) is 3.13. The van der Waals surface area contributed by atoms with Gasteiger partial charge in [0.15, 0.2) is 0 Å². The molecule has 7 heteroatoms. The molecular weight excluding hydrogens is 313 g/mol. The van der Waals surface area contributed by atoms with Crippen LogP contribution in [-0.4, -0.2) is 62.8 Å². The van der Waals surface area contributed by atoms with E-state index < -0.39 is 0 Å². The third-order valence-corrected chi connectivity index (χ3v) is 4.53. The lowest BCUT2D eigenvalue weighted by atomic mass is 9.96. The van der Waals surface area contributed by atoms with Crippen molar-refractivity contribution in [1.82, 2.24) is 15.5 Å². The average Bonchev–Trinajstić information content (AvgIpc) is 2.88. The maximum atomic E-state index is 12.0. The van der Waals surface area contributed by atoms with Gasteiger partial charge in [-0.25, -0.2) is 0 Å². The topological polar surface area (TPSA) is 53.6 Å².